The second-order valence-electron chi connectivity index (χ2n) is 5.01. The Bertz CT molecular complexity index is 562. The SMILES string of the molecule is CCCN(CCC)C(=O)n1cnc(S(=O)(=O)C(C)CC)n1. The average Bonchev–Trinajstić information content (AvgIpc) is 2.95. The zero-order valence-corrected chi connectivity index (χ0v) is 13.9. The Morgan fingerprint density at radius 2 is 1.86 bits per heavy atom. The molecule has 1 aromatic heterocycles. The van der Waals surface area contributed by atoms with Gasteiger partial charge in [0.25, 0.3) is 5.16 Å². The van der Waals surface area contributed by atoms with Crippen LogP contribution in [-0.2, 0) is 9.84 Å². The van der Waals surface area contributed by atoms with Crippen molar-refractivity contribution in [3.63, 3.8) is 0 Å². The Morgan fingerprint density at radius 3 is 2.33 bits per heavy atom. The summed E-state index contributed by atoms with van der Waals surface area (Å²) in [6, 6.07) is -0.336. The van der Waals surface area contributed by atoms with E-state index in [2.05, 4.69) is 10.1 Å². The Morgan fingerprint density at radius 1 is 1.29 bits per heavy atom. The highest BCUT2D eigenvalue weighted by molar-refractivity contribution is 7.91. The normalized spacial score (nSPS) is 13.1. The van der Waals surface area contributed by atoms with E-state index >= 15 is 0 Å². The highest BCUT2D eigenvalue weighted by Gasteiger charge is 2.27. The molecule has 21 heavy (non-hydrogen) atoms. The van der Waals surface area contributed by atoms with Crippen molar-refractivity contribution in [1.29, 1.82) is 0 Å². The molecule has 0 radical (unpaired) electrons. The van der Waals surface area contributed by atoms with Crippen LogP contribution in [0.5, 0.6) is 0 Å². The molecular weight excluding hydrogens is 292 g/mol. The molecule has 120 valence electrons. The number of hydrogen-bond donors (Lipinski definition) is 0. The molecule has 1 rings (SSSR count). The third-order valence-corrected chi connectivity index (χ3v) is 5.37. The van der Waals surface area contributed by atoms with Crippen LogP contribution in [0.15, 0.2) is 11.5 Å². The summed E-state index contributed by atoms with van der Waals surface area (Å²) in [5, 5.41) is 3.02. The zero-order chi connectivity index (χ0) is 16.0. The summed E-state index contributed by atoms with van der Waals surface area (Å²) in [4.78, 5) is 17.7. The second-order valence-corrected chi connectivity index (χ2v) is 7.27. The lowest BCUT2D eigenvalue weighted by atomic mass is 10.4. The molecule has 0 fully saturated rings. The molecule has 0 aliphatic rings. The minimum atomic E-state index is -3.57. The fourth-order valence-electron chi connectivity index (χ4n) is 1.86. The van der Waals surface area contributed by atoms with E-state index in [0.717, 1.165) is 17.5 Å². The topological polar surface area (TPSA) is 85.2 Å². The quantitative estimate of drug-likeness (QED) is 0.767. The van der Waals surface area contributed by atoms with Crippen LogP contribution in [0.2, 0.25) is 0 Å². The molecule has 1 heterocycles. The molecule has 8 heteroatoms. The van der Waals surface area contributed by atoms with E-state index < -0.39 is 15.1 Å². The van der Waals surface area contributed by atoms with Crippen molar-refractivity contribution in [3.8, 4) is 0 Å². The van der Waals surface area contributed by atoms with Crippen molar-refractivity contribution in [2.24, 2.45) is 0 Å². The van der Waals surface area contributed by atoms with Gasteiger partial charge in [-0.2, -0.15) is 4.68 Å². The third-order valence-electron chi connectivity index (χ3n) is 3.28. The molecular formula is C13H24N4O3S. The molecule has 0 saturated carbocycles. The molecule has 0 aliphatic heterocycles. The molecule has 0 saturated heterocycles. The summed E-state index contributed by atoms with van der Waals surface area (Å²) >= 11 is 0. The van der Waals surface area contributed by atoms with Crippen LogP contribution in [0.1, 0.15) is 47.0 Å². The largest absolute Gasteiger partial charge is 0.346 e. The first-order chi connectivity index (χ1) is 9.88. The van der Waals surface area contributed by atoms with E-state index in [9.17, 15) is 13.2 Å². The van der Waals surface area contributed by atoms with Gasteiger partial charge in [0, 0.05) is 13.1 Å². The zero-order valence-electron chi connectivity index (χ0n) is 13.1. The van der Waals surface area contributed by atoms with Crippen LogP contribution >= 0.6 is 0 Å². The number of rotatable bonds is 7. The summed E-state index contributed by atoms with van der Waals surface area (Å²) in [5.41, 5.74) is 0. The molecule has 0 aromatic carbocycles. The summed E-state index contributed by atoms with van der Waals surface area (Å²) in [6.45, 7) is 8.58. The molecule has 0 aliphatic carbocycles. The molecule has 7 nitrogen and oxygen atoms in total. The minimum Gasteiger partial charge on any atom is -0.323 e. The van der Waals surface area contributed by atoms with Crippen LogP contribution in [0.4, 0.5) is 4.79 Å². The van der Waals surface area contributed by atoms with Gasteiger partial charge in [0.05, 0.1) is 5.25 Å². The van der Waals surface area contributed by atoms with Crippen LogP contribution in [0, 0.1) is 0 Å². The van der Waals surface area contributed by atoms with Gasteiger partial charge < -0.3 is 4.90 Å². The van der Waals surface area contributed by atoms with Crippen LogP contribution < -0.4 is 0 Å². The number of carbonyl (C=O) groups is 1. The van der Waals surface area contributed by atoms with Crippen LogP contribution in [0.25, 0.3) is 0 Å². The van der Waals surface area contributed by atoms with Crippen molar-refractivity contribution in [3.05, 3.63) is 6.33 Å². The van der Waals surface area contributed by atoms with Gasteiger partial charge in [0.15, 0.2) is 0 Å². The first-order valence-corrected chi connectivity index (χ1v) is 8.87. The van der Waals surface area contributed by atoms with E-state index in [1.165, 1.54) is 6.33 Å². The molecule has 1 aromatic rings. The molecule has 1 amide bonds. The van der Waals surface area contributed by atoms with Gasteiger partial charge in [0.1, 0.15) is 6.33 Å². The van der Waals surface area contributed by atoms with Crippen molar-refractivity contribution >= 4 is 15.9 Å². The summed E-state index contributed by atoms with van der Waals surface area (Å²) in [6.07, 6.45) is 3.31. The lowest BCUT2D eigenvalue weighted by molar-refractivity contribution is 0.196. The number of aromatic nitrogens is 3. The first kappa shape index (κ1) is 17.6. The fourth-order valence-corrected chi connectivity index (χ4v) is 3.05. The van der Waals surface area contributed by atoms with Crippen LogP contribution in [0.3, 0.4) is 0 Å². The Hall–Kier alpha value is -1.44. The van der Waals surface area contributed by atoms with Crippen molar-refractivity contribution in [2.45, 2.75) is 57.4 Å². The lowest BCUT2D eigenvalue weighted by Gasteiger charge is -2.20. The van der Waals surface area contributed by atoms with Gasteiger partial charge >= 0.3 is 6.03 Å². The van der Waals surface area contributed by atoms with Gasteiger partial charge in [-0.1, -0.05) is 20.8 Å². The monoisotopic (exact) mass is 316 g/mol. The Labute approximate surface area is 126 Å². The van der Waals surface area contributed by atoms with E-state index in [1.807, 2.05) is 13.8 Å². The fraction of sp³-hybridized carbons (Fsp3) is 0.769. The summed E-state index contributed by atoms with van der Waals surface area (Å²) in [5.74, 6) is 0. The van der Waals surface area contributed by atoms with Crippen LogP contribution in [-0.4, -0.2) is 52.5 Å². The predicted octanol–water partition coefficient (Wildman–Crippen LogP) is 1.94. The molecule has 0 bridgehead atoms. The number of carbonyl (C=O) groups excluding carboxylic acids is 1. The smallest absolute Gasteiger partial charge is 0.323 e. The summed E-state index contributed by atoms with van der Waals surface area (Å²) < 4.78 is 25.3. The maximum Gasteiger partial charge on any atom is 0.346 e. The number of amides is 1. The average molecular weight is 316 g/mol. The van der Waals surface area contributed by atoms with Gasteiger partial charge in [-0.05, 0) is 26.2 Å². The van der Waals surface area contributed by atoms with E-state index in [4.69, 9.17) is 0 Å². The Balaban J connectivity index is 3.00. The van der Waals surface area contributed by atoms with Gasteiger partial charge in [-0.25, -0.2) is 18.2 Å². The lowest BCUT2D eigenvalue weighted by Crippen LogP contribution is -2.36. The number of nitrogens with zero attached hydrogens (tertiary/aromatic N) is 4. The molecule has 0 spiro atoms. The highest BCUT2D eigenvalue weighted by atomic mass is 32.2. The van der Waals surface area contributed by atoms with E-state index in [-0.39, 0.29) is 11.2 Å². The van der Waals surface area contributed by atoms with Crippen molar-refractivity contribution in [1.82, 2.24) is 19.7 Å². The maximum absolute atomic E-state index is 12.3. The summed E-state index contributed by atoms with van der Waals surface area (Å²) in [7, 11) is -3.57. The first-order valence-electron chi connectivity index (χ1n) is 7.33. The maximum atomic E-state index is 12.3. The van der Waals surface area contributed by atoms with Gasteiger partial charge in [-0.3, -0.25) is 0 Å². The Kier molecular flexibility index (Phi) is 6.32. The minimum absolute atomic E-state index is 0.279. The van der Waals surface area contributed by atoms with Crippen molar-refractivity contribution < 1.29 is 13.2 Å². The van der Waals surface area contributed by atoms with Crippen molar-refractivity contribution in [2.75, 3.05) is 13.1 Å². The van der Waals surface area contributed by atoms with Gasteiger partial charge in [0.2, 0.25) is 9.84 Å². The standard InChI is InChI=1S/C13H24N4O3S/c1-5-8-16(9-6-2)13(18)17-10-14-12(15-17)21(19,20)11(4)7-3/h10-11H,5-9H2,1-4H3. The number of hydrogen-bond acceptors (Lipinski definition) is 5. The van der Waals surface area contributed by atoms with E-state index in [1.54, 1.807) is 18.7 Å². The van der Waals surface area contributed by atoms with E-state index in [0.29, 0.717) is 19.5 Å². The third kappa shape index (κ3) is 4.03. The van der Waals surface area contributed by atoms with Gasteiger partial charge in [-0.15, -0.1) is 5.10 Å². The highest BCUT2D eigenvalue weighted by Crippen LogP contribution is 2.13. The second kappa shape index (κ2) is 7.53. The molecule has 1 unspecified atom stereocenters. The predicted molar refractivity (Wildman–Crippen MR) is 79.9 cm³/mol. The molecule has 1 atom stereocenters. The number of sulfone groups is 1. The molecule has 0 N–H and O–H groups in total.